The van der Waals surface area contributed by atoms with Crippen LogP contribution >= 0.6 is 0 Å². The molecule has 1 saturated carbocycles. The van der Waals surface area contributed by atoms with Crippen LogP contribution in [0, 0.1) is 23.7 Å². The number of aliphatic hydroxyl groups excluding tert-OH is 1. The first-order chi connectivity index (χ1) is 8.85. The summed E-state index contributed by atoms with van der Waals surface area (Å²) in [7, 11) is 0. The highest BCUT2D eigenvalue weighted by atomic mass is 16.3. The number of aliphatic hydroxyl groups is 1. The van der Waals surface area contributed by atoms with Crippen molar-refractivity contribution in [3.8, 4) is 0 Å². The lowest BCUT2D eigenvalue weighted by atomic mass is 9.86. The normalized spacial score (nSPS) is 36.4. The van der Waals surface area contributed by atoms with Crippen LogP contribution in [0.5, 0.6) is 0 Å². The molecule has 4 atom stereocenters. The van der Waals surface area contributed by atoms with E-state index in [4.69, 9.17) is 0 Å². The number of allylic oxidation sites excluding steroid dienone is 2. The Bertz CT molecular complexity index is 476. The molecule has 1 aromatic rings. The van der Waals surface area contributed by atoms with Crippen molar-refractivity contribution < 1.29 is 5.11 Å². The summed E-state index contributed by atoms with van der Waals surface area (Å²) in [6.07, 6.45) is 6.29. The Balaban J connectivity index is 1.58. The van der Waals surface area contributed by atoms with Crippen LogP contribution in [0.1, 0.15) is 12.0 Å². The molecule has 1 heterocycles. The van der Waals surface area contributed by atoms with Gasteiger partial charge in [-0.3, -0.25) is 0 Å². The van der Waals surface area contributed by atoms with Gasteiger partial charge in [-0.1, -0.05) is 24.3 Å². The van der Waals surface area contributed by atoms with Crippen molar-refractivity contribution in [2.75, 3.05) is 18.0 Å². The second-order valence-corrected chi connectivity index (χ2v) is 6.01. The third-order valence-corrected chi connectivity index (χ3v) is 5.12. The van der Waals surface area contributed by atoms with Crippen LogP contribution in [0.4, 0.5) is 5.69 Å². The average Bonchev–Trinajstić information content (AvgIpc) is 3.10. The molecule has 0 amide bonds. The molecule has 2 heteroatoms. The molecule has 2 aliphatic carbocycles. The largest absolute Gasteiger partial charge is 0.392 e. The molecule has 0 radical (unpaired) electrons. The molecule has 1 saturated heterocycles. The van der Waals surface area contributed by atoms with Crippen molar-refractivity contribution >= 4 is 5.69 Å². The summed E-state index contributed by atoms with van der Waals surface area (Å²) in [5.74, 6) is 3.42. The smallest absolute Gasteiger partial charge is 0.0682 e. The molecule has 3 aliphatic rings. The van der Waals surface area contributed by atoms with Gasteiger partial charge < -0.3 is 10.0 Å². The molecule has 1 N–H and O–H groups in total. The Morgan fingerprint density at radius 2 is 1.83 bits per heavy atom. The van der Waals surface area contributed by atoms with Crippen LogP contribution < -0.4 is 4.90 Å². The Hall–Kier alpha value is -1.28. The first-order valence-corrected chi connectivity index (χ1v) is 6.98. The monoisotopic (exact) mass is 241 g/mol. The van der Waals surface area contributed by atoms with Gasteiger partial charge in [0.05, 0.1) is 6.61 Å². The zero-order valence-corrected chi connectivity index (χ0v) is 10.5. The minimum Gasteiger partial charge on any atom is -0.392 e. The van der Waals surface area contributed by atoms with E-state index in [0.717, 1.165) is 29.2 Å². The zero-order chi connectivity index (χ0) is 12.1. The zero-order valence-electron chi connectivity index (χ0n) is 10.5. The van der Waals surface area contributed by atoms with Crippen LogP contribution in [-0.2, 0) is 6.61 Å². The van der Waals surface area contributed by atoms with E-state index in [9.17, 15) is 5.11 Å². The molecular formula is C16H19NO. The Kier molecular flexibility index (Phi) is 2.28. The van der Waals surface area contributed by atoms with Crippen molar-refractivity contribution in [3.63, 3.8) is 0 Å². The lowest BCUT2D eigenvalue weighted by molar-refractivity contribution is 0.282. The maximum atomic E-state index is 9.23. The first-order valence-electron chi connectivity index (χ1n) is 6.98. The van der Waals surface area contributed by atoms with E-state index in [1.807, 2.05) is 6.07 Å². The number of hydrogen-bond acceptors (Lipinski definition) is 2. The fraction of sp³-hybridized carbons (Fsp3) is 0.500. The van der Waals surface area contributed by atoms with Gasteiger partial charge in [-0.15, -0.1) is 0 Å². The van der Waals surface area contributed by atoms with Gasteiger partial charge in [0.15, 0.2) is 0 Å². The van der Waals surface area contributed by atoms with E-state index in [2.05, 4.69) is 35.3 Å². The van der Waals surface area contributed by atoms with E-state index < -0.39 is 0 Å². The summed E-state index contributed by atoms with van der Waals surface area (Å²) < 4.78 is 0. The molecule has 1 aliphatic heterocycles. The molecular weight excluding hydrogens is 222 g/mol. The molecule has 18 heavy (non-hydrogen) atoms. The van der Waals surface area contributed by atoms with Crippen molar-refractivity contribution in [1.29, 1.82) is 0 Å². The molecule has 0 spiro atoms. The molecule has 2 bridgehead atoms. The lowest BCUT2D eigenvalue weighted by Gasteiger charge is -2.21. The second-order valence-electron chi connectivity index (χ2n) is 6.01. The van der Waals surface area contributed by atoms with Crippen molar-refractivity contribution in [1.82, 2.24) is 0 Å². The number of benzene rings is 1. The minimum atomic E-state index is 0.140. The predicted molar refractivity (Wildman–Crippen MR) is 72.3 cm³/mol. The Morgan fingerprint density at radius 3 is 2.50 bits per heavy atom. The summed E-state index contributed by atoms with van der Waals surface area (Å²) in [6.45, 7) is 2.54. The third-order valence-electron chi connectivity index (χ3n) is 5.12. The number of fused-ring (bicyclic) bond motifs is 5. The highest BCUT2D eigenvalue weighted by Crippen LogP contribution is 2.51. The van der Waals surface area contributed by atoms with E-state index in [1.54, 1.807) is 0 Å². The minimum absolute atomic E-state index is 0.140. The highest BCUT2D eigenvalue weighted by molar-refractivity contribution is 5.50. The van der Waals surface area contributed by atoms with Crippen LogP contribution in [0.25, 0.3) is 0 Å². The summed E-state index contributed by atoms with van der Waals surface area (Å²) in [6, 6.07) is 8.36. The van der Waals surface area contributed by atoms with Gasteiger partial charge in [0.1, 0.15) is 0 Å². The Morgan fingerprint density at radius 1 is 1.11 bits per heavy atom. The van der Waals surface area contributed by atoms with Crippen molar-refractivity contribution in [3.05, 3.63) is 42.0 Å². The SMILES string of the molecule is OCc1cccc(N2CC3C4C=CC(C4)C3C2)c1. The van der Waals surface area contributed by atoms with Crippen molar-refractivity contribution in [2.45, 2.75) is 13.0 Å². The van der Waals surface area contributed by atoms with Gasteiger partial charge >= 0.3 is 0 Å². The standard InChI is InChI=1S/C16H19NO/c18-10-11-2-1-3-14(6-11)17-8-15-12-4-5-13(7-12)16(15)9-17/h1-6,12-13,15-16,18H,7-10H2. The Labute approximate surface area is 108 Å². The number of rotatable bonds is 2. The first kappa shape index (κ1) is 10.6. The molecule has 1 aromatic carbocycles. The van der Waals surface area contributed by atoms with Gasteiger partial charge in [0.2, 0.25) is 0 Å². The highest BCUT2D eigenvalue weighted by Gasteiger charge is 2.49. The van der Waals surface area contributed by atoms with Gasteiger partial charge in [0.25, 0.3) is 0 Å². The van der Waals surface area contributed by atoms with Gasteiger partial charge in [-0.2, -0.15) is 0 Å². The molecule has 2 nitrogen and oxygen atoms in total. The molecule has 2 fully saturated rings. The fourth-order valence-electron chi connectivity index (χ4n) is 4.21. The average molecular weight is 241 g/mol. The molecule has 0 aromatic heterocycles. The molecule has 94 valence electrons. The number of anilines is 1. The van der Waals surface area contributed by atoms with E-state index in [-0.39, 0.29) is 6.61 Å². The predicted octanol–water partition coefficient (Wildman–Crippen LogP) is 2.44. The van der Waals surface area contributed by atoms with Gasteiger partial charge in [-0.05, 0) is 47.8 Å². The quantitative estimate of drug-likeness (QED) is 0.804. The topological polar surface area (TPSA) is 23.5 Å². The third kappa shape index (κ3) is 1.45. The van der Waals surface area contributed by atoms with Crippen LogP contribution in [0.2, 0.25) is 0 Å². The van der Waals surface area contributed by atoms with Crippen LogP contribution in [-0.4, -0.2) is 18.2 Å². The molecule has 4 rings (SSSR count). The summed E-state index contributed by atoms with van der Waals surface area (Å²) in [5, 5.41) is 9.23. The van der Waals surface area contributed by atoms with Gasteiger partial charge in [0, 0.05) is 18.8 Å². The number of nitrogens with zero attached hydrogens (tertiary/aromatic N) is 1. The van der Waals surface area contributed by atoms with E-state index in [1.165, 1.54) is 25.2 Å². The van der Waals surface area contributed by atoms with Crippen LogP contribution in [0.15, 0.2) is 36.4 Å². The number of hydrogen-bond donors (Lipinski definition) is 1. The molecule has 4 unspecified atom stereocenters. The summed E-state index contributed by atoms with van der Waals surface area (Å²) >= 11 is 0. The van der Waals surface area contributed by atoms with Crippen molar-refractivity contribution in [2.24, 2.45) is 23.7 Å². The van der Waals surface area contributed by atoms with E-state index in [0.29, 0.717) is 0 Å². The maximum Gasteiger partial charge on any atom is 0.0682 e. The fourth-order valence-corrected chi connectivity index (χ4v) is 4.21. The summed E-state index contributed by atoms with van der Waals surface area (Å²) in [5.41, 5.74) is 2.31. The van der Waals surface area contributed by atoms with E-state index >= 15 is 0 Å². The second kappa shape index (κ2) is 3.86. The summed E-state index contributed by atoms with van der Waals surface area (Å²) in [4.78, 5) is 2.51. The van der Waals surface area contributed by atoms with Crippen LogP contribution in [0.3, 0.4) is 0 Å². The lowest BCUT2D eigenvalue weighted by Crippen LogP contribution is -2.22. The van der Waals surface area contributed by atoms with Gasteiger partial charge in [-0.25, -0.2) is 0 Å². The maximum absolute atomic E-state index is 9.23.